The molecule has 0 amide bonds. The highest BCUT2D eigenvalue weighted by Gasteiger charge is 2.39. The molecular weight excluding hydrogens is 334 g/mol. The van der Waals surface area contributed by atoms with E-state index in [0.717, 1.165) is 71.4 Å². The highest BCUT2D eigenvalue weighted by molar-refractivity contribution is 6.60. The third-order valence-electron chi connectivity index (χ3n) is 5.04. The van der Waals surface area contributed by atoms with Crippen molar-refractivity contribution in [1.82, 2.24) is 14.7 Å². The van der Waals surface area contributed by atoms with Gasteiger partial charge in [0.1, 0.15) is 0 Å². The fourth-order valence-corrected chi connectivity index (χ4v) is 4.85. The minimum atomic E-state index is -2.57. The lowest BCUT2D eigenvalue weighted by Gasteiger charge is -2.32. The van der Waals surface area contributed by atoms with E-state index in [4.69, 9.17) is 13.3 Å². The average Bonchev–Trinajstić information content (AvgIpc) is 2.66. The van der Waals surface area contributed by atoms with Crippen LogP contribution in [-0.2, 0) is 13.3 Å². The molecule has 0 saturated heterocycles. The average molecular weight is 378 g/mol. The van der Waals surface area contributed by atoms with Gasteiger partial charge in [0.15, 0.2) is 0 Å². The van der Waals surface area contributed by atoms with Crippen LogP contribution >= 0.6 is 0 Å². The standard InChI is InChI=1S/C18H43N3O3Si/c1-8-19(9-2)14-12-16-21(17-13-15-20(10-3)11-4)18-25(22-5,23-6)24-7/h8-18H2,1-7H3. The lowest BCUT2D eigenvalue weighted by molar-refractivity contribution is 0.100. The summed E-state index contributed by atoms with van der Waals surface area (Å²) in [4.78, 5) is 7.42. The van der Waals surface area contributed by atoms with Crippen LogP contribution in [0.1, 0.15) is 40.5 Å². The Kier molecular flexibility index (Phi) is 15.1. The molecule has 0 aromatic carbocycles. The number of rotatable bonds is 17. The number of nitrogens with zero attached hydrogens (tertiary/aromatic N) is 3. The van der Waals surface area contributed by atoms with E-state index in [0.29, 0.717) is 0 Å². The minimum Gasteiger partial charge on any atom is -0.376 e. The second-order valence-corrected chi connectivity index (χ2v) is 9.24. The van der Waals surface area contributed by atoms with Crippen LogP contribution in [0.25, 0.3) is 0 Å². The van der Waals surface area contributed by atoms with Gasteiger partial charge in [-0.25, -0.2) is 0 Å². The van der Waals surface area contributed by atoms with E-state index in [1.165, 1.54) is 0 Å². The summed E-state index contributed by atoms with van der Waals surface area (Å²) in [5.74, 6) is 0. The maximum Gasteiger partial charge on any atom is 0.514 e. The fraction of sp³-hybridized carbons (Fsp3) is 1.00. The molecule has 0 aromatic rings. The van der Waals surface area contributed by atoms with Crippen molar-refractivity contribution in [3.63, 3.8) is 0 Å². The largest absolute Gasteiger partial charge is 0.514 e. The maximum absolute atomic E-state index is 5.64. The Morgan fingerprint density at radius 1 is 0.560 bits per heavy atom. The first kappa shape index (κ1) is 25.0. The topological polar surface area (TPSA) is 37.4 Å². The molecule has 0 radical (unpaired) electrons. The Bertz CT molecular complexity index is 273. The van der Waals surface area contributed by atoms with Gasteiger partial charge in [-0.3, -0.25) is 4.90 Å². The van der Waals surface area contributed by atoms with E-state index < -0.39 is 8.80 Å². The zero-order valence-corrected chi connectivity index (χ0v) is 18.8. The Morgan fingerprint density at radius 2 is 0.880 bits per heavy atom. The summed E-state index contributed by atoms with van der Waals surface area (Å²) < 4.78 is 16.9. The van der Waals surface area contributed by atoms with Crippen molar-refractivity contribution in [2.24, 2.45) is 0 Å². The van der Waals surface area contributed by atoms with Crippen LogP contribution in [0.5, 0.6) is 0 Å². The molecule has 25 heavy (non-hydrogen) atoms. The van der Waals surface area contributed by atoms with Crippen molar-refractivity contribution in [2.45, 2.75) is 40.5 Å². The van der Waals surface area contributed by atoms with Gasteiger partial charge in [0, 0.05) is 21.3 Å². The van der Waals surface area contributed by atoms with Gasteiger partial charge in [0.2, 0.25) is 0 Å². The van der Waals surface area contributed by atoms with Crippen molar-refractivity contribution in [3.8, 4) is 0 Å². The van der Waals surface area contributed by atoms with Crippen molar-refractivity contribution in [3.05, 3.63) is 0 Å². The molecule has 0 unspecified atom stereocenters. The van der Waals surface area contributed by atoms with Gasteiger partial charge >= 0.3 is 8.80 Å². The van der Waals surface area contributed by atoms with Crippen LogP contribution in [0.15, 0.2) is 0 Å². The van der Waals surface area contributed by atoms with E-state index in [2.05, 4.69) is 42.4 Å². The molecule has 0 saturated carbocycles. The van der Waals surface area contributed by atoms with Gasteiger partial charge in [-0.05, 0) is 65.2 Å². The summed E-state index contributed by atoms with van der Waals surface area (Å²) in [6, 6.07) is 0. The minimum absolute atomic E-state index is 0.757. The summed E-state index contributed by atoms with van der Waals surface area (Å²) in [5, 5.41) is 0. The van der Waals surface area contributed by atoms with E-state index in [1.54, 1.807) is 21.3 Å². The van der Waals surface area contributed by atoms with Crippen molar-refractivity contribution >= 4 is 8.80 Å². The van der Waals surface area contributed by atoms with Crippen molar-refractivity contribution in [2.75, 3.05) is 79.9 Å². The second-order valence-electron chi connectivity index (χ2n) is 6.33. The number of hydrogen-bond donors (Lipinski definition) is 0. The highest BCUT2D eigenvalue weighted by Crippen LogP contribution is 2.10. The van der Waals surface area contributed by atoms with Crippen molar-refractivity contribution < 1.29 is 13.3 Å². The maximum atomic E-state index is 5.64. The summed E-state index contributed by atoms with van der Waals surface area (Å²) >= 11 is 0. The molecule has 0 aromatic heterocycles. The first-order valence-electron chi connectivity index (χ1n) is 9.87. The van der Waals surface area contributed by atoms with Crippen LogP contribution in [-0.4, -0.2) is 103 Å². The normalized spacial score (nSPS) is 12.7. The van der Waals surface area contributed by atoms with Gasteiger partial charge in [0.05, 0.1) is 6.17 Å². The van der Waals surface area contributed by atoms with Crippen LogP contribution in [0.4, 0.5) is 0 Å². The van der Waals surface area contributed by atoms with Crippen molar-refractivity contribution in [1.29, 1.82) is 0 Å². The van der Waals surface area contributed by atoms with Gasteiger partial charge in [0.25, 0.3) is 0 Å². The smallest absolute Gasteiger partial charge is 0.376 e. The molecule has 0 aliphatic heterocycles. The lowest BCUT2D eigenvalue weighted by atomic mass is 10.3. The van der Waals surface area contributed by atoms with E-state index in [9.17, 15) is 0 Å². The molecule has 0 rings (SSSR count). The molecule has 152 valence electrons. The van der Waals surface area contributed by atoms with Crippen LogP contribution in [0, 0.1) is 0 Å². The Hall–Kier alpha value is -0.0231. The Labute approximate surface area is 157 Å². The molecule has 0 aliphatic rings. The molecule has 0 atom stereocenters. The van der Waals surface area contributed by atoms with E-state index in [1.807, 2.05) is 0 Å². The van der Waals surface area contributed by atoms with Gasteiger partial charge in [-0.1, -0.05) is 27.7 Å². The first-order valence-corrected chi connectivity index (χ1v) is 11.8. The van der Waals surface area contributed by atoms with Crippen LogP contribution < -0.4 is 0 Å². The zero-order chi connectivity index (χ0) is 19.1. The predicted octanol–water partition coefficient (Wildman–Crippen LogP) is 2.17. The summed E-state index contributed by atoms with van der Waals surface area (Å²) in [6.07, 6.45) is 3.08. The molecule has 6 nitrogen and oxygen atoms in total. The molecule has 7 heteroatoms. The first-order chi connectivity index (χ1) is 12.0. The third kappa shape index (κ3) is 10.0. The lowest BCUT2D eigenvalue weighted by Crippen LogP contribution is -2.54. The second kappa shape index (κ2) is 15.1. The third-order valence-corrected chi connectivity index (χ3v) is 7.74. The molecular formula is C18H43N3O3Si. The van der Waals surface area contributed by atoms with Gasteiger partial charge < -0.3 is 23.1 Å². The monoisotopic (exact) mass is 377 g/mol. The Balaban J connectivity index is 4.63. The van der Waals surface area contributed by atoms with Gasteiger partial charge in [-0.2, -0.15) is 0 Å². The SMILES string of the molecule is CCN(CC)CCCN(CCCN(CC)CC)C[Si](OC)(OC)OC. The molecule has 0 N–H and O–H groups in total. The zero-order valence-electron chi connectivity index (χ0n) is 17.8. The predicted molar refractivity (Wildman–Crippen MR) is 108 cm³/mol. The fourth-order valence-electron chi connectivity index (χ4n) is 3.10. The highest BCUT2D eigenvalue weighted by atomic mass is 28.4. The van der Waals surface area contributed by atoms with Crippen LogP contribution in [0.2, 0.25) is 0 Å². The molecule has 0 heterocycles. The Morgan fingerprint density at radius 3 is 1.16 bits per heavy atom. The van der Waals surface area contributed by atoms with Crippen LogP contribution in [0.3, 0.4) is 0 Å². The molecule has 0 aliphatic carbocycles. The quantitative estimate of drug-likeness (QED) is 0.362. The van der Waals surface area contributed by atoms with E-state index >= 15 is 0 Å². The number of hydrogen-bond acceptors (Lipinski definition) is 6. The van der Waals surface area contributed by atoms with Gasteiger partial charge in [-0.15, -0.1) is 0 Å². The molecule has 0 spiro atoms. The summed E-state index contributed by atoms with van der Waals surface area (Å²) in [5.41, 5.74) is 0. The summed E-state index contributed by atoms with van der Waals surface area (Å²) in [7, 11) is 2.52. The molecule has 0 bridgehead atoms. The molecule has 0 fully saturated rings. The summed E-state index contributed by atoms with van der Waals surface area (Å²) in [6.45, 7) is 17.8. The van der Waals surface area contributed by atoms with E-state index in [-0.39, 0.29) is 0 Å².